The first kappa shape index (κ1) is 10.4. The van der Waals surface area contributed by atoms with Crippen LogP contribution in [0.15, 0.2) is 12.3 Å². The Kier molecular flexibility index (Phi) is 3.01. The zero-order valence-corrected chi connectivity index (χ0v) is 8.10. The van der Waals surface area contributed by atoms with Crippen molar-refractivity contribution in [2.45, 2.75) is 26.3 Å². The van der Waals surface area contributed by atoms with E-state index in [9.17, 15) is 9.59 Å². The van der Waals surface area contributed by atoms with Gasteiger partial charge >= 0.3 is 5.97 Å². The number of hydrogen-bond acceptors (Lipinski definition) is 3. The fraction of sp³-hybridized carbons (Fsp3) is 0.444. The number of carbonyl (C=O) groups is 2. The molecular formula is C9H12N2O3. The normalized spacial score (nSPS) is 10.5. The monoisotopic (exact) mass is 196 g/mol. The summed E-state index contributed by atoms with van der Waals surface area (Å²) in [6, 6.07) is 1.78. The van der Waals surface area contributed by atoms with E-state index in [0.29, 0.717) is 5.69 Å². The van der Waals surface area contributed by atoms with Crippen molar-refractivity contribution in [2.24, 2.45) is 0 Å². The van der Waals surface area contributed by atoms with Crippen LogP contribution < -0.4 is 0 Å². The van der Waals surface area contributed by atoms with E-state index in [-0.39, 0.29) is 12.5 Å². The molecule has 0 aromatic carbocycles. The Bertz CT molecular complexity index is 355. The topological polar surface area (TPSA) is 72.2 Å². The molecule has 5 heteroatoms. The number of nitrogens with zero attached hydrogens (tertiary/aromatic N) is 2. The number of aliphatic carboxylic acids is 1. The van der Waals surface area contributed by atoms with Crippen LogP contribution in [0.2, 0.25) is 0 Å². The average molecular weight is 196 g/mol. The maximum Gasteiger partial charge on any atom is 0.372 e. The van der Waals surface area contributed by atoms with Crippen LogP contribution >= 0.6 is 0 Å². The molecule has 0 aliphatic rings. The summed E-state index contributed by atoms with van der Waals surface area (Å²) in [5, 5.41) is 12.4. The Morgan fingerprint density at radius 3 is 2.71 bits per heavy atom. The fourth-order valence-electron chi connectivity index (χ4n) is 1.19. The summed E-state index contributed by atoms with van der Waals surface area (Å²) in [5.74, 6) is -2.21. The van der Waals surface area contributed by atoms with Gasteiger partial charge in [0.2, 0.25) is 5.78 Å². The van der Waals surface area contributed by atoms with Crippen LogP contribution in [0.5, 0.6) is 0 Å². The second-order valence-electron chi connectivity index (χ2n) is 3.27. The molecule has 1 aromatic heterocycles. The molecule has 0 atom stereocenters. The molecule has 1 aromatic rings. The minimum atomic E-state index is -1.40. The third-order valence-electron chi connectivity index (χ3n) is 1.82. The Hall–Kier alpha value is -1.65. The van der Waals surface area contributed by atoms with Crippen LogP contribution in [0.3, 0.4) is 0 Å². The standard InChI is InChI=1S/C9H12N2O3/c1-6(2)11-7(3-4-10-11)5-8(12)9(13)14/h3-4,6H,5H2,1-2H3,(H,13,14). The second kappa shape index (κ2) is 4.04. The van der Waals surface area contributed by atoms with E-state index in [0.717, 1.165) is 0 Å². The SMILES string of the molecule is CC(C)n1nccc1CC(=O)C(=O)O. The lowest BCUT2D eigenvalue weighted by Crippen LogP contribution is -2.18. The van der Waals surface area contributed by atoms with Gasteiger partial charge in [0.1, 0.15) is 0 Å². The van der Waals surface area contributed by atoms with E-state index in [1.165, 1.54) is 0 Å². The number of aromatic nitrogens is 2. The average Bonchev–Trinajstić information content (AvgIpc) is 2.52. The zero-order chi connectivity index (χ0) is 10.7. The van der Waals surface area contributed by atoms with Crippen molar-refractivity contribution in [3.63, 3.8) is 0 Å². The van der Waals surface area contributed by atoms with Crippen LogP contribution in [0, 0.1) is 0 Å². The first-order valence-corrected chi connectivity index (χ1v) is 4.31. The molecule has 5 nitrogen and oxygen atoms in total. The molecular weight excluding hydrogens is 184 g/mol. The molecule has 0 fully saturated rings. The fourth-order valence-corrected chi connectivity index (χ4v) is 1.19. The number of rotatable bonds is 4. The van der Waals surface area contributed by atoms with Crippen LogP contribution in [-0.2, 0) is 16.0 Å². The molecule has 76 valence electrons. The number of carboxylic acid groups (broad SMARTS) is 1. The Morgan fingerprint density at radius 1 is 1.57 bits per heavy atom. The third-order valence-corrected chi connectivity index (χ3v) is 1.82. The summed E-state index contributed by atoms with van der Waals surface area (Å²) in [6.07, 6.45) is 1.46. The van der Waals surface area contributed by atoms with E-state index in [2.05, 4.69) is 5.10 Å². The number of carboxylic acids is 1. The van der Waals surface area contributed by atoms with E-state index in [4.69, 9.17) is 5.11 Å². The van der Waals surface area contributed by atoms with Gasteiger partial charge in [0.25, 0.3) is 0 Å². The van der Waals surface area contributed by atoms with Gasteiger partial charge in [-0.3, -0.25) is 9.48 Å². The maximum atomic E-state index is 10.9. The summed E-state index contributed by atoms with van der Waals surface area (Å²) in [6.45, 7) is 3.84. The van der Waals surface area contributed by atoms with Crippen molar-refractivity contribution in [3.05, 3.63) is 18.0 Å². The van der Waals surface area contributed by atoms with E-state index < -0.39 is 11.8 Å². The van der Waals surface area contributed by atoms with Gasteiger partial charge in [0.05, 0.1) is 6.42 Å². The number of Topliss-reactive ketones (excluding diaryl/α,β-unsaturated/α-hetero) is 1. The molecule has 1 rings (SSSR count). The van der Waals surface area contributed by atoms with Gasteiger partial charge in [-0.1, -0.05) is 0 Å². The molecule has 0 aliphatic heterocycles. The smallest absolute Gasteiger partial charge is 0.372 e. The predicted molar refractivity (Wildman–Crippen MR) is 49.0 cm³/mol. The zero-order valence-electron chi connectivity index (χ0n) is 8.10. The highest BCUT2D eigenvalue weighted by Crippen LogP contribution is 2.08. The Morgan fingerprint density at radius 2 is 2.21 bits per heavy atom. The Labute approximate surface area is 81.3 Å². The largest absolute Gasteiger partial charge is 0.475 e. The van der Waals surface area contributed by atoms with Crippen molar-refractivity contribution < 1.29 is 14.7 Å². The lowest BCUT2D eigenvalue weighted by Gasteiger charge is -2.09. The molecule has 0 aliphatic carbocycles. The summed E-state index contributed by atoms with van der Waals surface area (Å²) in [4.78, 5) is 21.3. The first-order chi connectivity index (χ1) is 6.52. The van der Waals surface area contributed by atoms with Gasteiger partial charge in [-0.05, 0) is 19.9 Å². The van der Waals surface area contributed by atoms with Crippen molar-refractivity contribution >= 4 is 11.8 Å². The van der Waals surface area contributed by atoms with Gasteiger partial charge in [-0.2, -0.15) is 5.10 Å². The lowest BCUT2D eigenvalue weighted by molar-refractivity contribution is -0.148. The first-order valence-electron chi connectivity index (χ1n) is 4.31. The molecule has 1 N–H and O–H groups in total. The molecule has 0 amide bonds. The molecule has 14 heavy (non-hydrogen) atoms. The lowest BCUT2D eigenvalue weighted by atomic mass is 10.2. The van der Waals surface area contributed by atoms with E-state index >= 15 is 0 Å². The van der Waals surface area contributed by atoms with Crippen LogP contribution in [0.1, 0.15) is 25.6 Å². The predicted octanol–water partition coefficient (Wildman–Crippen LogP) is 0.660. The molecule has 1 heterocycles. The van der Waals surface area contributed by atoms with Crippen molar-refractivity contribution in [2.75, 3.05) is 0 Å². The second-order valence-corrected chi connectivity index (χ2v) is 3.27. The molecule has 0 saturated carbocycles. The quantitative estimate of drug-likeness (QED) is 0.718. The van der Waals surface area contributed by atoms with Crippen LogP contribution in [-0.4, -0.2) is 26.6 Å². The van der Waals surface area contributed by atoms with Crippen LogP contribution in [0.4, 0.5) is 0 Å². The third kappa shape index (κ3) is 2.18. The number of ketones is 1. The minimum absolute atomic E-state index is 0.104. The van der Waals surface area contributed by atoms with Gasteiger partial charge < -0.3 is 5.11 Å². The van der Waals surface area contributed by atoms with E-state index in [1.54, 1.807) is 16.9 Å². The van der Waals surface area contributed by atoms with E-state index in [1.807, 2.05) is 13.8 Å². The van der Waals surface area contributed by atoms with Crippen molar-refractivity contribution in [1.82, 2.24) is 9.78 Å². The maximum absolute atomic E-state index is 10.9. The highest BCUT2D eigenvalue weighted by Gasteiger charge is 2.15. The highest BCUT2D eigenvalue weighted by molar-refractivity contribution is 6.33. The number of carbonyl (C=O) groups excluding carboxylic acids is 1. The molecule has 0 saturated heterocycles. The molecule has 0 radical (unpaired) electrons. The molecule has 0 bridgehead atoms. The van der Waals surface area contributed by atoms with Gasteiger partial charge in [0.15, 0.2) is 0 Å². The van der Waals surface area contributed by atoms with Crippen molar-refractivity contribution in [1.29, 1.82) is 0 Å². The molecule has 0 unspecified atom stereocenters. The van der Waals surface area contributed by atoms with Crippen molar-refractivity contribution in [3.8, 4) is 0 Å². The minimum Gasteiger partial charge on any atom is -0.475 e. The van der Waals surface area contributed by atoms with Crippen LogP contribution in [0.25, 0.3) is 0 Å². The summed E-state index contributed by atoms with van der Waals surface area (Å²) in [5.41, 5.74) is 0.632. The summed E-state index contributed by atoms with van der Waals surface area (Å²) in [7, 11) is 0. The molecule has 0 spiro atoms. The Balaban J connectivity index is 2.81. The summed E-state index contributed by atoms with van der Waals surface area (Å²) < 4.78 is 1.64. The van der Waals surface area contributed by atoms with Gasteiger partial charge in [-0.25, -0.2) is 4.79 Å². The highest BCUT2D eigenvalue weighted by atomic mass is 16.4. The number of hydrogen-bond donors (Lipinski definition) is 1. The van der Waals surface area contributed by atoms with Gasteiger partial charge in [0, 0.05) is 17.9 Å². The summed E-state index contributed by atoms with van der Waals surface area (Å²) >= 11 is 0. The van der Waals surface area contributed by atoms with Gasteiger partial charge in [-0.15, -0.1) is 0 Å².